The smallest absolute Gasteiger partial charge is 0.256 e. The van der Waals surface area contributed by atoms with E-state index in [1.807, 2.05) is 37.4 Å². The van der Waals surface area contributed by atoms with E-state index in [-0.39, 0.29) is 16.7 Å². The highest BCUT2D eigenvalue weighted by atomic mass is 32.2. The Morgan fingerprint density at radius 1 is 1.42 bits per heavy atom. The van der Waals surface area contributed by atoms with E-state index in [1.165, 1.54) is 5.75 Å². The zero-order valence-electron chi connectivity index (χ0n) is 11.6. The van der Waals surface area contributed by atoms with E-state index in [2.05, 4.69) is 16.9 Å². The number of rotatable bonds is 3. The molecule has 2 atom stereocenters. The summed E-state index contributed by atoms with van der Waals surface area (Å²) >= 11 is 3.84. The summed E-state index contributed by atoms with van der Waals surface area (Å²) < 4.78 is 0. The van der Waals surface area contributed by atoms with Crippen LogP contribution < -0.4 is 11.3 Å². The summed E-state index contributed by atoms with van der Waals surface area (Å²) in [6.45, 7) is 6.10. The minimum absolute atomic E-state index is 0.0801. The fraction of sp³-hybridized carbons (Fsp3) is 0.692. The first-order chi connectivity index (χ1) is 9.04. The summed E-state index contributed by atoms with van der Waals surface area (Å²) in [5.41, 5.74) is 6.49. The van der Waals surface area contributed by atoms with Gasteiger partial charge in [-0.05, 0) is 12.3 Å². The summed E-state index contributed by atoms with van der Waals surface area (Å²) in [7, 11) is 0. The van der Waals surface area contributed by atoms with Crippen LogP contribution in [0.15, 0.2) is 4.79 Å². The van der Waals surface area contributed by atoms with Crippen LogP contribution in [0.4, 0.5) is 5.82 Å². The number of thioether (sulfide) groups is 2. The summed E-state index contributed by atoms with van der Waals surface area (Å²) in [5, 5.41) is 0.756. The first-order valence-corrected chi connectivity index (χ1v) is 8.77. The molecule has 2 unspecified atom stereocenters. The Morgan fingerprint density at radius 2 is 2.11 bits per heavy atom. The van der Waals surface area contributed by atoms with Gasteiger partial charge >= 0.3 is 0 Å². The van der Waals surface area contributed by atoms with Crippen molar-refractivity contribution in [1.29, 1.82) is 0 Å². The lowest BCUT2D eigenvalue weighted by atomic mass is 10.1. The van der Waals surface area contributed by atoms with Gasteiger partial charge in [0.15, 0.2) is 0 Å². The molecule has 3 N–H and O–H groups in total. The number of nitrogens with one attached hydrogen (secondary N) is 1. The Morgan fingerprint density at radius 3 is 2.68 bits per heavy atom. The third-order valence-corrected chi connectivity index (χ3v) is 6.56. The summed E-state index contributed by atoms with van der Waals surface area (Å²) in [6.07, 6.45) is 1.08. The maximum absolute atomic E-state index is 12.1. The van der Waals surface area contributed by atoms with Gasteiger partial charge in [-0.1, -0.05) is 20.8 Å². The second-order valence-corrected chi connectivity index (χ2v) is 7.61. The molecule has 1 fully saturated rings. The van der Waals surface area contributed by atoms with Gasteiger partial charge < -0.3 is 10.7 Å². The van der Waals surface area contributed by atoms with E-state index >= 15 is 0 Å². The minimum atomic E-state index is -0.0801. The lowest BCUT2D eigenvalue weighted by Crippen LogP contribution is -2.26. The Hall–Kier alpha value is -0.620. The SMILES string of the molecule is CCC1SCCSC1c1nc(N)c(C(C)C)c(=O)[nH]1. The molecule has 1 aromatic rings. The maximum atomic E-state index is 12.1. The van der Waals surface area contributed by atoms with Crippen LogP contribution in [0, 0.1) is 0 Å². The molecule has 1 aromatic heterocycles. The molecule has 0 bridgehead atoms. The van der Waals surface area contributed by atoms with E-state index in [4.69, 9.17) is 5.73 Å². The number of aromatic amines is 1. The van der Waals surface area contributed by atoms with Gasteiger partial charge in [-0.25, -0.2) is 4.98 Å². The molecule has 2 rings (SSSR count). The Balaban J connectivity index is 2.38. The highest BCUT2D eigenvalue weighted by Crippen LogP contribution is 2.42. The lowest BCUT2D eigenvalue weighted by Gasteiger charge is -2.29. The van der Waals surface area contributed by atoms with Crippen molar-refractivity contribution in [3.63, 3.8) is 0 Å². The van der Waals surface area contributed by atoms with Gasteiger partial charge in [-0.2, -0.15) is 11.8 Å². The van der Waals surface area contributed by atoms with Gasteiger partial charge in [-0.15, -0.1) is 11.8 Å². The second-order valence-electron chi connectivity index (χ2n) is 5.01. The zero-order chi connectivity index (χ0) is 14.0. The molecule has 0 saturated carbocycles. The van der Waals surface area contributed by atoms with Crippen molar-refractivity contribution in [2.75, 3.05) is 17.2 Å². The number of aromatic nitrogens is 2. The number of anilines is 1. The van der Waals surface area contributed by atoms with Gasteiger partial charge in [-0.3, -0.25) is 4.79 Å². The quantitative estimate of drug-likeness (QED) is 0.898. The van der Waals surface area contributed by atoms with E-state index in [1.54, 1.807) is 0 Å². The number of hydrogen-bond donors (Lipinski definition) is 2. The molecular formula is C13H21N3OS2. The average molecular weight is 299 g/mol. The molecule has 1 aliphatic heterocycles. The lowest BCUT2D eigenvalue weighted by molar-refractivity contribution is 0.734. The zero-order valence-corrected chi connectivity index (χ0v) is 13.2. The first kappa shape index (κ1) is 14.8. The fourth-order valence-corrected chi connectivity index (χ4v) is 5.38. The van der Waals surface area contributed by atoms with Crippen molar-refractivity contribution in [1.82, 2.24) is 9.97 Å². The van der Waals surface area contributed by atoms with Crippen LogP contribution >= 0.6 is 23.5 Å². The molecule has 0 aliphatic carbocycles. The van der Waals surface area contributed by atoms with Crippen molar-refractivity contribution < 1.29 is 0 Å². The molecule has 1 aliphatic rings. The topological polar surface area (TPSA) is 71.8 Å². The van der Waals surface area contributed by atoms with Crippen molar-refractivity contribution in [3.05, 3.63) is 21.7 Å². The van der Waals surface area contributed by atoms with E-state index in [0.29, 0.717) is 16.6 Å². The molecule has 1 saturated heterocycles. The maximum Gasteiger partial charge on any atom is 0.256 e. The van der Waals surface area contributed by atoms with E-state index < -0.39 is 0 Å². The molecule has 0 aromatic carbocycles. The first-order valence-electron chi connectivity index (χ1n) is 6.67. The third kappa shape index (κ3) is 3.11. The molecule has 6 heteroatoms. The van der Waals surface area contributed by atoms with Crippen LogP contribution in [0.1, 0.15) is 49.7 Å². The number of hydrogen-bond acceptors (Lipinski definition) is 5. The van der Waals surface area contributed by atoms with Crippen LogP contribution in [-0.2, 0) is 0 Å². The molecular weight excluding hydrogens is 278 g/mol. The second kappa shape index (κ2) is 6.22. The van der Waals surface area contributed by atoms with Gasteiger partial charge in [0, 0.05) is 16.8 Å². The van der Waals surface area contributed by atoms with Crippen molar-refractivity contribution >= 4 is 29.3 Å². The van der Waals surface area contributed by atoms with Crippen molar-refractivity contribution in [3.8, 4) is 0 Å². The molecule has 0 spiro atoms. The Labute approximate surface area is 122 Å². The van der Waals surface area contributed by atoms with Gasteiger partial charge in [0.05, 0.1) is 10.8 Å². The monoisotopic (exact) mass is 299 g/mol. The van der Waals surface area contributed by atoms with Crippen LogP contribution in [0.2, 0.25) is 0 Å². The Kier molecular flexibility index (Phi) is 4.84. The van der Waals surface area contributed by atoms with Crippen LogP contribution in [-0.4, -0.2) is 26.7 Å². The molecule has 2 heterocycles. The summed E-state index contributed by atoms with van der Waals surface area (Å²) in [6, 6.07) is 0. The number of nitrogens with zero attached hydrogens (tertiary/aromatic N) is 1. The molecule has 19 heavy (non-hydrogen) atoms. The Bertz CT molecular complexity index is 501. The standard InChI is InChI=1S/C13H21N3OS2/c1-4-8-10(19-6-5-18-8)12-15-11(14)9(7(2)3)13(17)16-12/h7-8,10H,4-6H2,1-3H3,(H3,14,15,16,17). The molecule has 0 radical (unpaired) electrons. The van der Waals surface area contributed by atoms with Crippen molar-refractivity contribution in [2.45, 2.75) is 43.6 Å². The third-order valence-electron chi connectivity index (χ3n) is 3.30. The van der Waals surface area contributed by atoms with E-state index in [0.717, 1.165) is 18.0 Å². The predicted octanol–water partition coefficient (Wildman–Crippen LogP) is 2.78. The average Bonchev–Trinajstić information content (AvgIpc) is 2.37. The largest absolute Gasteiger partial charge is 0.383 e. The highest BCUT2D eigenvalue weighted by molar-refractivity contribution is 8.06. The number of nitrogen functional groups attached to an aromatic ring is 1. The summed E-state index contributed by atoms with van der Waals surface area (Å²) in [4.78, 5) is 19.6. The van der Waals surface area contributed by atoms with E-state index in [9.17, 15) is 4.79 Å². The van der Waals surface area contributed by atoms with Crippen LogP contribution in [0.3, 0.4) is 0 Å². The molecule has 4 nitrogen and oxygen atoms in total. The number of H-pyrrole nitrogens is 1. The molecule has 106 valence electrons. The van der Waals surface area contributed by atoms with Crippen molar-refractivity contribution in [2.24, 2.45) is 0 Å². The van der Waals surface area contributed by atoms with Gasteiger partial charge in [0.25, 0.3) is 5.56 Å². The molecule has 0 amide bonds. The summed E-state index contributed by atoms with van der Waals surface area (Å²) in [5.74, 6) is 3.50. The predicted molar refractivity (Wildman–Crippen MR) is 85.1 cm³/mol. The minimum Gasteiger partial charge on any atom is -0.383 e. The van der Waals surface area contributed by atoms with Crippen LogP contribution in [0.25, 0.3) is 0 Å². The number of nitrogens with two attached hydrogens (primary N) is 1. The van der Waals surface area contributed by atoms with Gasteiger partial charge in [0.1, 0.15) is 11.6 Å². The highest BCUT2D eigenvalue weighted by Gasteiger charge is 2.29. The van der Waals surface area contributed by atoms with Crippen LogP contribution in [0.5, 0.6) is 0 Å². The fourth-order valence-electron chi connectivity index (χ4n) is 2.37. The normalized spacial score (nSPS) is 23.8. The van der Waals surface area contributed by atoms with Gasteiger partial charge in [0.2, 0.25) is 0 Å².